The Bertz CT molecular complexity index is 770. The van der Waals surface area contributed by atoms with Crippen molar-refractivity contribution in [3.63, 3.8) is 0 Å². The van der Waals surface area contributed by atoms with Crippen molar-refractivity contribution in [1.82, 2.24) is 9.80 Å². The molecular weight excluding hydrogens is 356 g/mol. The van der Waals surface area contributed by atoms with Gasteiger partial charge in [0, 0.05) is 19.6 Å². The van der Waals surface area contributed by atoms with Crippen molar-refractivity contribution in [2.75, 3.05) is 37.7 Å². The van der Waals surface area contributed by atoms with Crippen molar-refractivity contribution in [1.29, 1.82) is 0 Å². The van der Waals surface area contributed by atoms with E-state index in [9.17, 15) is 18.0 Å². The first kappa shape index (κ1) is 18.0. The minimum absolute atomic E-state index is 0.00721. The van der Waals surface area contributed by atoms with Crippen molar-refractivity contribution in [3.05, 3.63) is 12.2 Å². The predicted octanol–water partition coefficient (Wildman–Crippen LogP) is 0.0715. The zero-order valence-electron chi connectivity index (χ0n) is 15.5. The largest absolute Gasteiger partial charge is 0.360 e. The van der Waals surface area contributed by atoms with Gasteiger partial charge >= 0.3 is 0 Å². The van der Waals surface area contributed by atoms with Crippen LogP contribution in [0, 0.1) is 17.3 Å². The van der Waals surface area contributed by atoms with E-state index < -0.39 is 27.3 Å². The highest BCUT2D eigenvalue weighted by Gasteiger charge is 2.67. The van der Waals surface area contributed by atoms with Crippen LogP contribution in [0.3, 0.4) is 0 Å². The van der Waals surface area contributed by atoms with Crippen molar-refractivity contribution in [2.45, 2.75) is 32.5 Å². The van der Waals surface area contributed by atoms with Crippen LogP contribution in [0.25, 0.3) is 0 Å². The quantitative estimate of drug-likeness (QED) is 0.631. The lowest BCUT2D eigenvalue weighted by Gasteiger charge is -2.32. The fourth-order valence-electron chi connectivity index (χ4n) is 4.71. The Morgan fingerprint density at radius 2 is 1.96 bits per heavy atom. The van der Waals surface area contributed by atoms with Gasteiger partial charge in [-0.3, -0.25) is 9.59 Å². The molecule has 4 atom stereocenters. The molecule has 0 saturated carbocycles. The summed E-state index contributed by atoms with van der Waals surface area (Å²) in [4.78, 5) is 29.6. The van der Waals surface area contributed by atoms with Crippen LogP contribution in [-0.4, -0.2) is 79.4 Å². The Kier molecular flexibility index (Phi) is 3.83. The summed E-state index contributed by atoms with van der Waals surface area (Å²) in [6.45, 7) is 7.75. The van der Waals surface area contributed by atoms with Gasteiger partial charge in [-0.25, -0.2) is 8.42 Å². The highest BCUT2D eigenvalue weighted by Crippen LogP contribution is 2.52. The van der Waals surface area contributed by atoms with Crippen molar-refractivity contribution < 1.29 is 22.7 Å². The molecule has 2 bridgehead atoms. The number of sulfone groups is 1. The molecule has 0 unspecified atom stereocenters. The Labute approximate surface area is 154 Å². The van der Waals surface area contributed by atoms with Crippen molar-refractivity contribution in [3.8, 4) is 0 Å². The maximum atomic E-state index is 13.1. The van der Waals surface area contributed by atoms with Gasteiger partial charge in [0.05, 0.1) is 36.0 Å². The van der Waals surface area contributed by atoms with Gasteiger partial charge in [-0.2, -0.15) is 0 Å². The minimum atomic E-state index is -3.06. The van der Waals surface area contributed by atoms with E-state index in [0.29, 0.717) is 13.1 Å². The topological polar surface area (TPSA) is 84.0 Å². The van der Waals surface area contributed by atoms with Crippen molar-refractivity contribution >= 4 is 21.7 Å². The van der Waals surface area contributed by atoms with Crippen LogP contribution < -0.4 is 0 Å². The average molecular weight is 382 g/mol. The first-order valence-corrected chi connectivity index (χ1v) is 11.0. The molecule has 4 aliphatic rings. The number of amides is 2. The number of nitrogens with zero attached hydrogens (tertiary/aromatic N) is 2. The van der Waals surface area contributed by atoms with Gasteiger partial charge in [0.1, 0.15) is 5.60 Å². The lowest BCUT2D eigenvalue weighted by atomic mass is 9.76. The summed E-state index contributed by atoms with van der Waals surface area (Å²) < 4.78 is 29.4. The molecule has 0 aromatic carbocycles. The number of likely N-dealkylation sites (tertiary alicyclic amines) is 1. The Morgan fingerprint density at radius 3 is 2.58 bits per heavy atom. The zero-order valence-corrected chi connectivity index (χ0v) is 16.3. The van der Waals surface area contributed by atoms with E-state index in [1.807, 2.05) is 17.1 Å². The molecule has 144 valence electrons. The minimum Gasteiger partial charge on any atom is -0.360 e. The lowest BCUT2D eigenvalue weighted by Crippen LogP contribution is -2.50. The van der Waals surface area contributed by atoms with Crippen molar-refractivity contribution in [2.24, 2.45) is 17.3 Å². The lowest BCUT2D eigenvalue weighted by molar-refractivity contribution is -0.143. The van der Waals surface area contributed by atoms with E-state index in [2.05, 4.69) is 20.8 Å². The fourth-order valence-corrected chi connectivity index (χ4v) is 5.91. The second-order valence-corrected chi connectivity index (χ2v) is 11.4. The summed E-state index contributed by atoms with van der Waals surface area (Å²) in [5, 5.41) is 0. The number of carbonyl (C=O) groups excluding carboxylic acids is 2. The molecule has 0 aromatic rings. The molecule has 4 rings (SSSR count). The maximum Gasteiger partial charge on any atom is 0.230 e. The van der Waals surface area contributed by atoms with E-state index in [1.54, 1.807) is 4.90 Å². The molecule has 8 heteroatoms. The molecule has 3 fully saturated rings. The SMILES string of the molecule is CC(C)(C)CN1C[C@]23C=C[C@H](O2)[C@@H](C(=O)N2CCS(=O)(=O)CC2)[C@@H]3C1=O. The molecule has 4 aliphatic heterocycles. The number of carbonyl (C=O) groups is 2. The molecule has 1 spiro atoms. The standard InChI is InChI=1S/C18H26N2O5S/c1-17(2,3)10-20-11-18-5-4-12(25-18)13(14(18)16(20)22)15(21)19-6-8-26(23,24)9-7-19/h4-5,12-14H,6-11H2,1-3H3/t12-,13+,14+,18-/m0/s1. The van der Waals surface area contributed by atoms with Gasteiger partial charge in [0.2, 0.25) is 11.8 Å². The molecule has 0 N–H and O–H groups in total. The summed E-state index contributed by atoms with van der Waals surface area (Å²) in [6.07, 6.45) is 3.47. The van der Waals surface area contributed by atoms with Gasteiger partial charge in [0.15, 0.2) is 9.84 Å². The van der Waals surface area contributed by atoms with Gasteiger partial charge < -0.3 is 14.5 Å². The number of fused-ring (bicyclic) bond motifs is 1. The third-order valence-electron chi connectivity index (χ3n) is 5.79. The normalized spacial score (nSPS) is 38.1. The van der Waals surface area contributed by atoms with Crippen LogP contribution in [-0.2, 0) is 24.2 Å². The molecule has 26 heavy (non-hydrogen) atoms. The number of rotatable bonds is 2. The van der Waals surface area contributed by atoms with Crippen LogP contribution >= 0.6 is 0 Å². The zero-order chi connectivity index (χ0) is 18.9. The maximum absolute atomic E-state index is 13.1. The molecule has 0 aromatic heterocycles. The molecule has 7 nitrogen and oxygen atoms in total. The fraction of sp³-hybridized carbons (Fsp3) is 0.778. The highest BCUT2D eigenvalue weighted by molar-refractivity contribution is 7.91. The number of ether oxygens (including phenoxy) is 1. The van der Waals surface area contributed by atoms with E-state index in [-0.39, 0.29) is 47.9 Å². The third-order valence-corrected chi connectivity index (χ3v) is 7.39. The van der Waals surface area contributed by atoms with Crippen LogP contribution in [0.15, 0.2) is 12.2 Å². The van der Waals surface area contributed by atoms with Gasteiger partial charge in [-0.15, -0.1) is 0 Å². The van der Waals surface area contributed by atoms with Crippen LogP contribution in [0.2, 0.25) is 0 Å². The number of hydrogen-bond donors (Lipinski definition) is 0. The van der Waals surface area contributed by atoms with E-state index in [4.69, 9.17) is 4.74 Å². The summed E-state index contributed by atoms with van der Waals surface area (Å²) in [6, 6.07) is 0. The molecule has 2 amide bonds. The van der Waals surface area contributed by atoms with Crippen LogP contribution in [0.4, 0.5) is 0 Å². The van der Waals surface area contributed by atoms with Gasteiger partial charge in [-0.1, -0.05) is 32.9 Å². The highest BCUT2D eigenvalue weighted by atomic mass is 32.2. The summed E-state index contributed by atoms with van der Waals surface area (Å²) in [7, 11) is -3.06. The Hall–Kier alpha value is -1.41. The smallest absolute Gasteiger partial charge is 0.230 e. The summed E-state index contributed by atoms with van der Waals surface area (Å²) >= 11 is 0. The van der Waals surface area contributed by atoms with Gasteiger partial charge in [0.25, 0.3) is 0 Å². The van der Waals surface area contributed by atoms with Gasteiger partial charge in [-0.05, 0) is 5.41 Å². The third kappa shape index (κ3) is 2.78. The molecule has 3 saturated heterocycles. The van der Waals surface area contributed by atoms with E-state index in [0.717, 1.165) is 0 Å². The number of hydrogen-bond acceptors (Lipinski definition) is 5. The summed E-state index contributed by atoms with van der Waals surface area (Å²) in [5.74, 6) is -1.22. The molecular formula is C18H26N2O5S. The van der Waals surface area contributed by atoms with E-state index >= 15 is 0 Å². The first-order chi connectivity index (χ1) is 12.0. The molecule has 4 heterocycles. The Balaban J connectivity index is 1.56. The monoisotopic (exact) mass is 382 g/mol. The Morgan fingerprint density at radius 1 is 1.31 bits per heavy atom. The van der Waals surface area contributed by atoms with Crippen LogP contribution in [0.1, 0.15) is 20.8 Å². The first-order valence-electron chi connectivity index (χ1n) is 9.17. The molecule has 0 aliphatic carbocycles. The molecule has 0 radical (unpaired) electrons. The predicted molar refractivity (Wildman–Crippen MR) is 95.0 cm³/mol. The summed E-state index contributed by atoms with van der Waals surface area (Å²) in [5.41, 5.74) is -0.734. The second kappa shape index (κ2) is 5.55. The van der Waals surface area contributed by atoms with Crippen LogP contribution in [0.5, 0.6) is 0 Å². The second-order valence-electron chi connectivity index (χ2n) is 9.13. The van der Waals surface area contributed by atoms with E-state index in [1.165, 1.54) is 0 Å². The average Bonchev–Trinajstić information content (AvgIpc) is 3.14.